The molecule has 7 N–H and O–H groups in total. The van der Waals surface area contributed by atoms with E-state index in [1.54, 1.807) is 24.1 Å². The number of imidazole rings is 1. The third-order valence-corrected chi connectivity index (χ3v) is 5.52. The molecule has 1 aliphatic rings. The van der Waals surface area contributed by atoms with Crippen LogP contribution in [-0.4, -0.2) is 38.8 Å². The number of aromatic nitrogens is 2. The van der Waals surface area contributed by atoms with E-state index < -0.39 is 5.82 Å². The third kappa shape index (κ3) is 3.58. The number of phenolic OH excluding ortho intramolecular Hbond substituents is 1. The number of hydrogen-bond donors (Lipinski definition) is 5. The van der Waals surface area contributed by atoms with Gasteiger partial charge in [0.25, 0.3) is 0 Å². The number of H-pyrrole nitrogens is 1. The molecule has 0 aliphatic carbocycles. The van der Waals surface area contributed by atoms with Crippen molar-refractivity contribution in [3.05, 3.63) is 64.5 Å². The van der Waals surface area contributed by atoms with Gasteiger partial charge in [-0.05, 0) is 47.4 Å². The number of aromatic amines is 1. The highest BCUT2D eigenvalue weighted by atomic mass is 19.1. The number of anilines is 1. The van der Waals surface area contributed by atoms with E-state index in [1.807, 2.05) is 13.0 Å². The molecular weight excluding hydrogens is 399 g/mol. The SMILES string of the molecule is CCc1cc(O)c(F)cc1-c1ccc(C(=[NH2+])c2nc3c([nH]2)CN(C(=O)NC)C3)c(N)c1. The van der Waals surface area contributed by atoms with Crippen LogP contribution in [0.15, 0.2) is 30.3 Å². The van der Waals surface area contributed by atoms with E-state index in [4.69, 9.17) is 11.1 Å². The fourth-order valence-corrected chi connectivity index (χ4v) is 3.83. The van der Waals surface area contributed by atoms with Crippen LogP contribution in [0.4, 0.5) is 14.9 Å². The summed E-state index contributed by atoms with van der Waals surface area (Å²) in [4.78, 5) is 21.1. The zero-order chi connectivity index (χ0) is 22.3. The number of halogens is 1. The van der Waals surface area contributed by atoms with Gasteiger partial charge < -0.3 is 26.0 Å². The van der Waals surface area contributed by atoms with Gasteiger partial charge in [-0.1, -0.05) is 13.0 Å². The predicted octanol–water partition coefficient (Wildman–Crippen LogP) is 1.32. The van der Waals surface area contributed by atoms with Crippen molar-refractivity contribution in [1.29, 1.82) is 0 Å². The highest BCUT2D eigenvalue weighted by Crippen LogP contribution is 2.32. The smallest absolute Gasteiger partial charge is 0.317 e. The number of carbonyl (C=O) groups is 1. The second-order valence-electron chi connectivity index (χ2n) is 7.45. The molecule has 0 saturated carbocycles. The summed E-state index contributed by atoms with van der Waals surface area (Å²) in [7, 11) is 1.59. The Morgan fingerprint density at radius 3 is 2.77 bits per heavy atom. The number of carbonyl (C=O) groups excluding carboxylic acids is 1. The van der Waals surface area contributed by atoms with Crippen LogP contribution >= 0.6 is 0 Å². The highest BCUT2D eigenvalue weighted by molar-refractivity contribution is 6.10. The van der Waals surface area contributed by atoms with Gasteiger partial charge in [0.05, 0.1) is 30.0 Å². The number of hydrogen-bond acceptors (Lipinski definition) is 4. The lowest BCUT2D eigenvalue weighted by Crippen LogP contribution is -2.42. The first-order valence-corrected chi connectivity index (χ1v) is 9.91. The number of phenols is 1. The zero-order valence-electron chi connectivity index (χ0n) is 17.3. The first-order valence-electron chi connectivity index (χ1n) is 9.91. The van der Waals surface area contributed by atoms with Gasteiger partial charge in [-0.2, -0.15) is 0 Å². The van der Waals surface area contributed by atoms with Gasteiger partial charge in [-0.3, -0.25) is 5.41 Å². The second-order valence-corrected chi connectivity index (χ2v) is 7.45. The Kier molecular flexibility index (Phi) is 5.10. The van der Waals surface area contributed by atoms with E-state index in [2.05, 4.69) is 15.3 Å². The number of benzene rings is 2. The van der Waals surface area contributed by atoms with Gasteiger partial charge in [0.2, 0.25) is 11.5 Å². The van der Waals surface area contributed by atoms with Crippen LogP contribution in [0.25, 0.3) is 11.1 Å². The first-order chi connectivity index (χ1) is 14.8. The minimum Gasteiger partial charge on any atom is -0.505 e. The van der Waals surface area contributed by atoms with Gasteiger partial charge >= 0.3 is 6.03 Å². The van der Waals surface area contributed by atoms with Gasteiger partial charge in [-0.25, -0.2) is 14.2 Å². The molecule has 2 amide bonds. The molecule has 2 aromatic carbocycles. The van der Waals surface area contributed by atoms with Crippen molar-refractivity contribution in [2.75, 3.05) is 12.8 Å². The monoisotopic (exact) mass is 423 g/mol. The second kappa shape index (κ2) is 7.75. The lowest BCUT2D eigenvalue weighted by atomic mass is 9.95. The molecule has 0 unspecified atom stereocenters. The molecule has 0 fully saturated rings. The van der Waals surface area contributed by atoms with Gasteiger partial charge in [-0.15, -0.1) is 0 Å². The number of nitrogens with zero attached hydrogens (tertiary/aromatic N) is 2. The molecule has 2 heterocycles. The van der Waals surface area contributed by atoms with Crippen LogP contribution in [0.2, 0.25) is 0 Å². The molecule has 160 valence electrons. The van der Waals surface area contributed by atoms with Crippen molar-refractivity contribution in [3.8, 4) is 16.9 Å². The maximum atomic E-state index is 13.9. The van der Waals surface area contributed by atoms with Crippen molar-refractivity contribution in [1.82, 2.24) is 20.2 Å². The maximum Gasteiger partial charge on any atom is 0.317 e. The Morgan fingerprint density at radius 1 is 1.35 bits per heavy atom. The number of rotatable bonds is 4. The summed E-state index contributed by atoms with van der Waals surface area (Å²) in [5.74, 6) is -0.564. The van der Waals surface area contributed by atoms with Crippen LogP contribution in [0.5, 0.6) is 5.75 Å². The molecule has 0 spiro atoms. The standard InChI is InChI=1S/C22H23FN6O2/c1-3-11-7-19(30)15(23)8-14(11)12-4-5-13(16(24)6-12)20(25)21-27-17-9-29(22(31)26-2)10-18(17)28-21/h4-8,25,30H,3,9-10,24H2,1-2H3,(H,26,31)(H,27,28)/p+1. The molecule has 0 bridgehead atoms. The van der Waals surface area contributed by atoms with Crippen molar-refractivity contribution in [2.24, 2.45) is 0 Å². The normalized spacial score (nSPS) is 12.7. The van der Waals surface area contributed by atoms with E-state index in [0.29, 0.717) is 47.9 Å². The molecule has 8 nitrogen and oxygen atoms in total. The first kappa shape index (κ1) is 20.4. The van der Waals surface area contributed by atoms with E-state index in [0.717, 1.165) is 22.5 Å². The van der Waals surface area contributed by atoms with Crippen molar-refractivity contribution in [3.63, 3.8) is 0 Å². The topological polar surface area (TPSA) is 133 Å². The number of nitrogens with two attached hydrogens (primary N) is 2. The molecule has 1 aliphatic heterocycles. The van der Waals surface area contributed by atoms with Crippen molar-refractivity contribution >= 4 is 17.4 Å². The molecule has 31 heavy (non-hydrogen) atoms. The average Bonchev–Trinajstić information content (AvgIpc) is 3.33. The fraction of sp³-hybridized carbons (Fsp3) is 0.227. The Bertz CT molecular complexity index is 1180. The third-order valence-electron chi connectivity index (χ3n) is 5.52. The number of fused-ring (bicyclic) bond motifs is 1. The largest absolute Gasteiger partial charge is 0.505 e. The number of amides is 2. The molecule has 1 aromatic heterocycles. The van der Waals surface area contributed by atoms with Crippen LogP contribution < -0.4 is 16.5 Å². The number of aryl methyl sites for hydroxylation is 1. The molecule has 0 saturated heterocycles. The minimum atomic E-state index is -0.683. The Morgan fingerprint density at radius 2 is 2.13 bits per heavy atom. The highest BCUT2D eigenvalue weighted by Gasteiger charge is 2.29. The van der Waals surface area contributed by atoms with Gasteiger partial charge in [0, 0.05) is 12.7 Å². The number of nitrogens with one attached hydrogen (secondary N) is 2. The van der Waals surface area contributed by atoms with Gasteiger partial charge in [0.15, 0.2) is 11.6 Å². The zero-order valence-corrected chi connectivity index (χ0v) is 17.3. The van der Waals surface area contributed by atoms with E-state index in [-0.39, 0.29) is 11.8 Å². The summed E-state index contributed by atoms with van der Waals surface area (Å²) in [6.07, 6.45) is 0.629. The fourth-order valence-electron chi connectivity index (χ4n) is 3.83. The van der Waals surface area contributed by atoms with E-state index in [9.17, 15) is 14.3 Å². The van der Waals surface area contributed by atoms with Crippen molar-refractivity contribution in [2.45, 2.75) is 26.4 Å². The van der Waals surface area contributed by atoms with Crippen LogP contribution in [-0.2, 0) is 19.5 Å². The van der Waals surface area contributed by atoms with E-state index in [1.165, 1.54) is 12.1 Å². The molecule has 4 rings (SSSR count). The number of aromatic hydroxyl groups is 1. The van der Waals surface area contributed by atoms with Crippen LogP contribution in [0, 0.1) is 5.82 Å². The maximum absolute atomic E-state index is 13.9. The Hall–Kier alpha value is -3.88. The summed E-state index contributed by atoms with van der Waals surface area (Å²) in [6.45, 7) is 2.76. The summed E-state index contributed by atoms with van der Waals surface area (Å²) in [5, 5.41) is 18.6. The average molecular weight is 423 g/mol. The van der Waals surface area contributed by atoms with Crippen molar-refractivity contribution < 1.29 is 19.7 Å². The van der Waals surface area contributed by atoms with Crippen LogP contribution in [0.1, 0.15) is 35.3 Å². The summed E-state index contributed by atoms with van der Waals surface area (Å²) >= 11 is 0. The number of urea groups is 1. The molecule has 0 radical (unpaired) electrons. The summed E-state index contributed by atoms with van der Waals surface area (Å²) in [5.41, 5.74) is 11.5. The quantitative estimate of drug-likeness (QED) is 0.320. The predicted molar refractivity (Wildman–Crippen MR) is 115 cm³/mol. The molecular formula is C22H24FN6O2+. The molecule has 9 heteroatoms. The Labute approximate surface area is 178 Å². The summed E-state index contributed by atoms with van der Waals surface area (Å²) < 4.78 is 13.9. The lowest BCUT2D eigenvalue weighted by molar-refractivity contribution is -0.112. The minimum absolute atomic E-state index is 0.165. The lowest BCUT2D eigenvalue weighted by Gasteiger charge is -2.14. The number of nitrogen functional groups attached to an aromatic ring is 1. The molecule has 0 atom stereocenters. The van der Waals surface area contributed by atoms with E-state index >= 15 is 0 Å². The summed E-state index contributed by atoms with van der Waals surface area (Å²) in [6, 6.07) is 7.90. The van der Waals surface area contributed by atoms with Gasteiger partial charge in [0.1, 0.15) is 0 Å². The Balaban J connectivity index is 1.61. The van der Waals surface area contributed by atoms with Crippen LogP contribution in [0.3, 0.4) is 0 Å². The molecule has 3 aromatic rings.